The third-order valence-corrected chi connectivity index (χ3v) is 2.46. The molecule has 0 saturated heterocycles. The molecule has 1 unspecified atom stereocenters. The number of rotatable bonds is 2. The second-order valence-electron chi connectivity index (χ2n) is 3.44. The Kier molecular flexibility index (Phi) is 2.19. The summed E-state index contributed by atoms with van der Waals surface area (Å²) in [5.74, 6) is -1.22. The van der Waals surface area contributed by atoms with E-state index < -0.39 is 12.0 Å². The highest BCUT2D eigenvalue weighted by Gasteiger charge is 2.14. The van der Waals surface area contributed by atoms with Crippen molar-refractivity contribution in [1.82, 2.24) is 4.57 Å². The van der Waals surface area contributed by atoms with Gasteiger partial charge in [-0.1, -0.05) is 0 Å². The molecule has 0 fully saturated rings. The first-order valence-corrected chi connectivity index (χ1v) is 4.58. The number of hydrogen-bond acceptors (Lipinski definition) is 1. The summed E-state index contributed by atoms with van der Waals surface area (Å²) in [5, 5.41) is 9.58. The van der Waals surface area contributed by atoms with Crippen molar-refractivity contribution in [1.29, 1.82) is 0 Å². The Bertz CT molecular complexity index is 518. The van der Waals surface area contributed by atoms with Gasteiger partial charge >= 0.3 is 5.97 Å². The molecule has 0 aliphatic carbocycles. The summed E-state index contributed by atoms with van der Waals surface area (Å²) < 4.78 is 14.5. The standard InChI is InChI=1S/C11H10FNO2/c1-7(11(14)15)13-5-4-8-6-9(12)2-3-10(8)13/h2-7H,1H3,(H,14,15). The van der Waals surface area contributed by atoms with E-state index in [2.05, 4.69) is 0 Å². The first kappa shape index (κ1) is 9.71. The molecule has 1 aromatic heterocycles. The number of aliphatic carboxylic acids is 1. The second-order valence-corrected chi connectivity index (χ2v) is 3.44. The second kappa shape index (κ2) is 3.38. The number of nitrogens with zero attached hydrogens (tertiary/aromatic N) is 1. The zero-order chi connectivity index (χ0) is 11.0. The third kappa shape index (κ3) is 1.58. The Morgan fingerprint density at radius 1 is 1.47 bits per heavy atom. The summed E-state index contributed by atoms with van der Waals surface area (Å²) in [6, 6.07) is 5.36. The number of fused-ring (bicyclic) bond motifs is 1. The fraction of sp³-hybridized carbons (Fsp3) is 0.182. The van der Waals surface area contributed by atoms with Gasteiger partial charge in [-0.25, -0.2) is 9.18 Å². The van der Waals surface area contributed by atoms with Crippen molar-refractivity contribution in [3.63, 3.8) is 0 Å². The first-order valence-electron chi connectivity index (χ1n) is 4.58. The zero-order valence-electron chi connectivity index (χ0n) is 8.14. The van der Waals surface area contributed by atoms with E-state index in [0.29, 0.717) is 5.39 Å². The van der Waals surface area contributed by atoms with Crippen molar-refractivity contribution in [2.75, 3.05) is 0 Å². The summed E-state index contributed by atoms with van der Waals surface area (Å²) in [4.78, 5) is 10.8. The van der Waals surface area contributed by atoms with Crippen LogP contribution in [-0.4, -0.2) is 15.6 Å². The van der Waals surface area contributed by atoms with Crippen molar-refractivity contribution in [3.05, 3.63) is 36.3 Å². The van der Waals surface area contributed by atoms with Crippen LogP contribution < -0.4 is 0 Å². The van der Waals surface area contributed by atoms with E-state index in [-0.39, 0.29) is 5.82 Å². The lowest BCUT2D eigenvalue weighted by atomic mass is 10.2. The van der Waals surface area contributed by atoms with Gasteiger partial charge in [0.15, 0.2) is 0 Å². The molecule has 2 aromatic rings. The van der Waals surface area contributed by atoms with Crippen molar-refractivity contribution < 1.29 is 14.3 Å². The molecule has 0 amide bonds. The lowest BCUT2D eigenvalue weighted by Gasteiger charge is -2.09. The van der Waals surface area contributed by atoms with Gasteiger partial charge < -0.3 is 9.67 Å². The molecular weight excluding hydrogens is 197 g/mol. The van der Waals surface area contributed by atoms with Gasteiger partial charge in [0.25, 0.3) is 0 Å². The van der Waals surface area contributed by atoms with Gasteiger partial charge in [0, 0.05) is 17.1 Å². The number of carboxylic acid groups (broad SMARTS) is 1. The van der Waals surface area contributed by atoms with Crippen LogP contribution in [0.4, 0.5) is 4.39 Å². The molecular formula is C11H10FNO2. The van der Waals surface area contributed by atoms with Crippen molar-refractivity contribution in [2.45, 2.75) is 13.0 Å². The van der Waals surface area contributed by atoms with Crippen molar-refractivity contribution >= 4 is 16.9 Å². The SMILES string of the molecule is CC(C(=O)O)n1ccc2cc(F)ccc21. The number of carboxylic acids is 1. The molecule has 1 heterocycles. The zero-order valence-corrected chi connectivity index (χ0v) is 8.14. The van der Waals surface area contributed by atoms with Crippen LogP contribution in [0.3, 0.4) is 0 Å². The Hall–Kier alpha value is -1.84. The molecule has 0 aliphatic rings. The van der Waals surface area contributed by atoms with Crippen LogP contribution >= 0.6 is 0 Å². The lowest BCUT2D eigenvalue weighted by molar-refractivity contribution is -0.140. The molecule has 0 saturated carbocycles. The normalized spacial score (nSPS) is 12.9. The summed E-state index contributed by atoms with van der Waals surface area (Å²) in [7, 11) is 0. The van der Waals surface area contributed by atoms with E-state index in [9.17, 15) is 9.18 Å². The molecule has 3 nitrogen and oxygen atoms in total. The maximum atomic E-state index is 12.9. The minimum absolute atomic E-state index is 0.316. The average Bonchev–Trinajstić information content (AvgIpc) is 2.59. The van der Waals surface area contributed by atoms with Crippen LogP contribution in [0.15, 0.2) is 30.5 Å². The molecule has 0 spiro atoms. The quantitative estimate of drug-likeness (QED) is 0.821. The highest BCUT2D eigenvalue weighted by Crippen LogP contribution is 2.20. The monoisotopic (exact) mass is 207 g/mol. The van der Waals surface area contributed by atoms with Gasteiger partial charge in [-0.15, -0.1) is 0 Å². The molecule has 2 rings (SSSR count). The minimum atomic E-state index is -0.906. The predicted octanol–water partition coefficient (Wildman–Crippen LogP) is 2.43. The van der Waals surface area contributed by atoms with Gasteiger partial charge in [-0.2, -0.15) is 0 Å². The van der Waals surface area contributed by atoms with Crippen LogP contribution in [-0.2, 0) is 4.79 Å². The van der Waals surface area contributed by atoms with E-state index >= 15 is 0 Å². The maximum absolute atomic E-state index is 12.9. The Balaban J connectivity index is 2.59. The minimum Gasteiger partial charge on any atom is -0.480 e. The number of benzene rings is 1. The lowest BCUT2D eigenvalue weighted by Crippen LogP contribution is -2.14. The number of hydrogen-bond donors (Lipinski definition) is 1. The number of halogens is 1. The average molecular weight is 207 g/mol. The fourth-order valence-electron chi connectivity index (χ4n) is 1.59. The number of aromatic nitrogens is 1. The molecule has 15 heavy (non-hydrogen) atoms. The van der Waals surface area contributed by atoms with Gasteiger partial charge in [-0.3, -0.25) is 0 Å². The third-order valence-electron chi connectivity index (χ3n) is 2.46. The molecule has 0 radical (unpaired) electrons. The highest BCUT2D eigenvalue weighted by molar-refractivity contribution is 5.83. The van der Waals surface area contributed by atoms with Gasteiger partial charge in [0.1, 0.15) is 11.9 Å². The van der Waals surface area contributed by atoms with E-state index in [1.165, 1.54) is 12.1 Å². The molecule has 0 bridgehead atoms. The van der Waals surface area contributed by atoms with Gasteiger partial charge in [0.05, 0.1) is 0 Å². The van der Waals surface area contributed by atoms with E-state index in [1.807, 2.05) is 0 Å². The Morgan fingerprint density at radius 2 is 2.20 bits per heavy atom. The number of carbonyl (C=O) groups is 1. The predicted molar refractivity (Wildman–Crippen MR) is 54.2 cm³/mol. The molecule has 1 aromatic carbocycles. The van der Waals surface area contributed by atoms with Crippen LogP contribution in [0, 0.1) is 5.82 Å². The van der Waals surface area contributed by atoms with E-state index in [1.54, 1.807) is 29.8 Å². The van der Waals surface area contributed by atoms with Crippen LogP contribution in [0.1, 0.15) is 13.0 Å². The molecule has 0 aliphatic heterocycles. The summed E-state index contributed by atoms with van der Waals surface area (Å²) in [6.45, 7) is 1.59. The Morgan fingerprint density at radius 3 is 2.87 bits per heavy atom. The topological polar surface area (TPSA) is 42.2 Å². The largest absolute Gasteiger partial charge is 0.480 e. The molecule has 78 valence electrons. The van der Waals surface area contributed by atoms with E-state index in [0.717, 1.165) is 5.52 Å². The van der Waals surface area contributed by atoms with Crippen LogP contribution in [0.25, 0.3) is 10.9 Å². The summed E-state index contributed by atoms with van der Waals surface area (Å²) in [6.07, 6.45) is 1.66. The van der Waals surface area contributed by atoms with Crippen LogP contribution in [0.5, 0.6) is 0 Å². The maximum Gasteiger partial charge on any atom is 0.326 e. The molecule has 1 atom stereocenters. The van der Waals surface area contributed by atoms with Gasteiger partial charge in [-0.05, 0) is 31.2 Å². The molecule has 1 N–H and O–H groups in total. The Labute approximate surface area is 85.7 Å². The summed E-state index contributed by atoms with van der Waals surface area (Å²) in [5.41, 5.74) is 0.728. The highest BCUT2D eigenvalue weighted by atomic mass is 19.1. The first-order chi connectivity index (χ1) is 7.09. The summed E-state index contributed by atoms with van der Waals surface area (Å²) >= 11 is 0. The van der Waals surface area contributed by atoms with Crippen LogP contribution in [0.2, 0.25) is 0 Å². The fourth-order valence-corrected chi connectivity index (χ4v) is 1.59. The smallest absolute Gasteiger partial charge is 0.326 e. The van der Waals surface area contributed by atoms with E-state index in [4.69, 9.17) is 5.11 Å². The van der Waals surface area contributed by atoms with Gasteiger partial charge in [0.2, 0.25) is 0 Å². The van der Waals surface area contributed by atoms with Crippen molar-refractivity contribution in [3.8, 4) is 0 Å². The van der Waals surface area contributed by atoms with Crippen molar-refractivity contribution in [2.24, 2.45) is 0 Å². The molecule has 4 heteroatoms.